The van der Waals surface area contributed by atoms with Gasteiger partial charge in [0.25, 0.3) is 5.56 Å². The van der Waals surface area contributed by atoms with E-state index >= 15 is 0 Å². The number of fused-ring (bicyclic) bond motifs is 1. The normalized spacial score (nSPS) is 11.0. The van der Waals surface area contributed by atoms with Gasteiger partial charge < -0.3 is 0 Å². The van der Waals surface area contributed by atoms with Crippen molar-refractivity contribution in [2.75, 3.05) is 0 Å². The molecule has 0 unspecified atom stereocenters. The lowest BCUT2D eigenvalue weighted by Gasteiger charge is -2.11. The van der Waals surface area contributed by atoms with Crippen LogP contribution in [0.5, 0.6) is 0 Å². The molecule has 0 bridgehead atoms. The van der Waals surface area contributed by atoms with Crippen molar-refractivity contribution in [2.45, 2.75) is 6.54 Å². The van der Waals surface area contributed by atoms with Gasteiger partial charge in [0.05, 0.1) is 11.9 Å². The molecule has 0 amide bonds. The molecule has 0 atom stereocenters. The predicted octanol–water partition coefficient (Wildman–Crippen LogP) is 2.95. The number of hydrogen-bond acceptors (Lipinski definition) is 3. The summed E-state index contributed by atoms with van der Waals surface area (Å²) in [7, 11) is 1.59. The van der Waals surface area contributed by atoms with Gasteiger partial charge in [-0.1, -0.05) is 42.5 Å². The molecule has 0 saturated heterocycles. The van der Waals surface area contributed by atoms with Crippen molar-refractivity contribution in [1.29, 1.82) is 0 Å². The molecular formula is C21H16FN3O2. The molecule has 4 aromatic rings. The molecule has 0 aliphatic heterocycles. The minimum Gasteiger partial charge on any atom is -0.280 e. The van der Waals surface area contributed by atoms with E-state index in [1.807, 2.05) is 30.3 Å². The van der Waals surface area contributed by atoms with E-state index in [1.165, 1.54) is 21.3 Å². The maximum Gasteiger partial charge on any atom is 0.332 e. The van der Waals surface area contributed by atoms with Crippen LogP contribution in [0.15, 0.2) is 76.4 Å². The van der Waals surface area contributed by atoms with E-state index in [1.54, 1.807) is 31.4 Å². The Bertz CT molecular complexity index is 1240. The number of rotatable bonds is 3. The lowest BCUT2D eigenvalue weighted by molar-refractivity contribution is 0.628. The first-order valence-electron chi connectivity index (χ1n) is 8.44. The first-order chi connectivity index (χ1) is 13.0. The van der Waals surface area contributed by atoms with E-state index in [0.717, 1.165) is 11.1 Å². The Hall–Kier alpha value is -3.54. The fraction of sp³-hybridized carbons (Fsp3) is 0.0952. The monoisotopic (exact) mass is 361 g/mol. The average Bonchev–Trinajstić information content (AvgIpc) is 2.70. The first-order valence-corrected chi connectivity index (χ1v) is 8.44. The largest absolute Gasteiger partial charge is 0.332 e. The first kappa shape index (κ1) is 16.9. The molecule has 6 heteroatoms. The predicted molar refractivity (Wildman–Crippen MR) is 102 cm³/mol. The Labute approximate surface area is 154 Å². The van der Waals surface area contributed by atoms with Crippen LogP contribution in [0, 0.1) is 5.82 Å². The summed E-state index contributed by atoms with van der Waals surface area (Å²) >= 11 is 0. The number of hydrogen-bond donors (Lipinski definition) is 0. The minimum atomic E-state index is -0.418. The van der Waals surface area contributed by atoms with Gasteiger partial charge in [0.2, 0.25) is 0 Å². The van der Waals surface area contributed by atoms with Crippen molar-refractivity contribution < 1.29 is 4.39 Å². The summed E-state index contributed by atoms with van der Waals surface area (Å²) in [5, 5.41) is 0.342. The SMILES string of the molecule is Cn1c(=O)n(Cc2ccccc2)c(=O)c2cc(-c3ccc(F)cc3)cnc21. The molecule has 5 nitrogen and oxygen atoms in total. The van der Waals surface area contributed by atoms with Gasteiger partial charge in [-0.3, -0.25) is 13.9 Å². The molecule has 27 heavy (non-hydrogen) atoms. The molecule has 0 fully saturated rings. The summed E-state index contributed by atoms with van der Waals surface area (Å²) in [6, 6.07) is 17.0. The molecular weight excluding hydrogens is 345 g/mol. The van der Waals surface area contributed by atoms with Crippen LogP contribution in [-0.4, -0.2) is 14.1 Å². The summed E-state index contributed by atoms with van der Waals surface area (Å²) in [5.41, 5.74) is 1.80. The molecule has 0 radical (unpaired) electrons. The third-order valence-electron chi connectivity index (χ3n) is 4.54. The topological polar surface area (TPSA) is 56.9 Å². The number of benzene rings is 2. The molecule has 4 rings (SSSR count). The zero-order valence-electron chi connectivity index (χ0n) is 14.6. The van der Waals surface area contributed by atoms with E-state index in [4.69, 9.17) is 0 Å². The van der Waals surface area contributed by atoms with Gasteiger partial charge in [0, 0.05) is 18.8 Å². The molecule has 0 saturated carbocycles. The fourth-order valence-corrected chi connectivity index (χ4v) is 3.09. The van der Waals surface area contributed by atoms with Crippen molar-refractivity contribution in [3.8, 4) is 11.1 Å². The van der Waals surface area contributed by atoms with Crippen LogP contribution < -0.4 is 11.2 Å². The second-order valence-electron chi connectivity index (χ2n) is 6.32. The summed E-state index contributed by atoms with van der Waals surface area (Å²) in [5.74, 6) is -0.333. The molecule has 2 aromatic heterocycles. The van der Waals surface area contributed by atoms with E-state index < -0.39 is 11.2 Å². The molecule has 0 aliphatic carbocycles. The third-order valence-corrected chi connectivity index (χ3v) is 4.54. The summed E-state index contributed by atoms with van der Waals surface area (Å²) in [4.78, 5) is 29.9. The highest BCUT2D eigenvalue weighted by Crippen LogP contribution is 2.21. The van der Waals surface area contributed by atoms with E-state index in [-0.39, 0.29) is 12.4 Å². The molecule has 2 aromatic carbocycles. The molecule has 2 heterocycles. The van der Waals surface area contributed by atoms with Gasteiger partial charge >= 0.3 is 5.69 Å². The van der Waals surface area contributed by atoms with Crippen LogP contribution in [0.1, 0.15) is 5.56 Å². The number of pyridine rings is 1. The lowest BCUT2D eigenvalue weighted by Crippen LogP contribution is -2.39. The van der Waals surface area contributed by atoms with Crippen LogP contribution in [0.2, 0.25) is 0 Å². The highest BCUT2D eigenvalue weighted by atomic mass is 19.1. The lowest BCUT2D eigenvalue weighted by atomic mass is 10.1. The standard InChI is InChI=1S/C21H16FN3O2/c1-24-19-18(11-16(12-23-19)15-7-9-17(22)10-8-15)20(26)25(21(24)27)13-14-5-3-2-4-6-14/h2-12H,13H2,1H3. The average molecular weight is 361 g/mol. The summed E-state index contributed by atoms with van der Waals surface area (Å²) < 4.78 is 15.7. The smallest absolute Gasteiger partial charge is 0.280 e. The Morgan fingerprint density at radius 1 is 0.963 bits per heavy atom. The Balaban J connectivity index is 1.91. The number of aromatic nitrogens is 3. The summed E-state index contributed by atoms with van der Waals surface area (Å²) in [6.45, 7) is 0.184. The maximum absolute atomic E-state index is 13.2. The highest BCUT2D eigenvalue weighted by Gasteiger charge is 2.13. The van der Waals surface area contributed by atoms with Crippen LogP contribution >= 0.6 is 0 Å². The molecule has 0 N–H and O–H groups in total. The Morgan fingerprint density at radius 2 is 1.67 bits per heavy atom. The zero-order chi connectivity index (χ0) is 19.0. The van der Waals surface area contributed by atoms with Gasteiger partial charge in [0.15, 0.2) is 0 Å². The third kappa shape index (κ3) is 3.06. The van der Waals surface area contributed by atoms with Crippen molar-refractivity contribution >= 4 is 11.0 Å². The van der Waals surface area contributed by atoms with Gasteiger partial charge in [0.1, 0.15) is 11.5 Å². The Morgan fingerprint density at radius 3 is 2.37 bits per heavy atom. The van der Waals surface area contributed by atoms with Crippen LogP contribution in [0.4, 0.5) is 4.39 Å². The highest BCUT2D eigenvalue weighted by molar-refractivity contribution is 5.80. The second-order valence-corrected chi connectivity index (χ2v) is 6.32. The van der Waals surface area contributed by atoms with Crippen LogP contribution in [-0.2, 0) is 13.6 Å². The molecule has 0 spiro atoms. The van der Waals surface area contributed by atoms with E-state index in [0.29, 0.717) is 16.6 Å². The van der Waals surface area contributed by atoms with Gasteiger partial charge in [-0.15, -0.1) is 0 Å². The number of nitrogens with zero attached hydrogens (tertiary/aromatic N) is 3. The van der Waals surface area contributed by atoms with Crippen molar-refractivity contribution in [2.24, 2.45) is 7.05 Å². The quantitative estimate of drug-likeness (QED) is 0.564. The summed E-state index contributed by atoms with van der Waals surface area (Å²) in [6.07, 6.45) is 1.58. The minimum absolute atomic E-state index is 0.184. The van der Waals surface area contributed by atoms with Crippen molar-refractivity contribution in [3.05, 3.63) is 99.1 Å². The molecule has 0 aliphatic rings. The zero-order valence-corrected chi connectivity index (χ0v) is 14.6. The van der Waals surface area contributed by atoms with Gasteiger partial charge in [-0.2, -0.15) is 0 Å². The number of aryl methyl sites for hydroxylation is 1. The number of halogens is 1. The second kappa shape index (κ2) is 6.64. The maximum atomic E-state index is 13.2. The van der Waals surface area contributed by atoms with E-state index in [2.05, 4.69) is 4.98 Å². The van der Waals surface area contributed by atoms with Crippen molar-refractivity contribution in [1.82, 2.24) is 14.1 Å². The van der Waals surface area contributed by atoms with Crippen LogP contribution in [0.25, 0.3) is 22.2 Å². The van der Waals surface area contributed by atoms with Gasteiger partial charge in [-0.05, 0) is 29.3 Å². The van der Waals surface area contributed by atoms with Crippen LogP contribution in [0.3, 0.4) is 0 Å². The Kier molecular flexibility index (Phi) is 4.16. The van der Waals surface area contributed by atoms with E-state index in [9.17, 15) is 14.0 Å². The fourth-order valence-electron chi connectivity index (χ4n) is 3.09. The molecule has 134 valence electrons. The van der Waals surface area contributed by atoms with Crippen molar-refractivity contribution in [3.63, 3.8) is 0 Å². The van der Waals surface area contributed by atoms with Gasteiger partial charge in [-0.25, -0.2) is 14.2 Å².